The van der Waals surface area contributed by atoms with Crippen LogP contribution >= 0.6 is 0 Å². The predicted octanol–water partition coefficient (Wildman–Crippen LogP) is 4.23. The second-order valence-electron chi connectivity index (χ2n) is 16.0. The molecule has 0 radical (unpaired) electrons. The molecule has 308 valence electrons. The molecule has 2 fully saturated rings. The number of imide groups is 1. The molecule has 3 aliphatic heterocycles. The molecular formula is C43H46N12O5. The third-order valence-electron chi connectivity index (χ3n) is 11.9. The molecule has 0 bridgehead atoms. The quantitative estimate of drug-likeness (QED) is 0.167. The molecule has 2 saturated heterocycles. The summed E-state index contributed by atoms with van der Waals surface area (Å²) in [5, 5.41) is 22.9. The number of carbonyl (C=O) groups is 3. The van der Waals surface area contributed by atoms with Crippen LogP contribution in [0.5, 0.6) is 5.75 Å². The topological polar surface area (TPSA) is 194 Å². The van der Waals surface area contributed by atoms with E-state index in [1.54, 1.807) is 16.8 Å². The van der Waals surface area contributed by atoms with Crippen molar-refractivity contribution in [3.05, 3.63) is 93.4 Å². The highest BCUT2D eigenvalue weighted by Crippen LogP contribution is 2.30. The normalized spacial score (nSPS) is 17.4. The zero-order chi connectivity index (χ0) is 41.5. The summed E-state index contributed by atoms with van der Waals surface area (Å²) >= 11 is 0. The number of anilines is 4. The van der Waals surface area contributed by atoms with E-state index in [2.05, 4.69) is 80.3 Å². The van der Waals surface area contributed by atoms with Gasteiger partial charge in [0.15, 0.2) is 18.1 Å². The molecule has 3 aromatic carbocycles. The van der Waals surface area contributed by atoms with Crippen LogP contribution in [0.3, 0.4) is 0 Å². The SMILES string of the molecule is Cc1cccc(C)c1Nc1nn(C)c2nc(Nc3ccc4c(c3)CN(CC3CCN(C(=O)COc5ccc6nnn(C7CCC(=O)NC7=O)c(=O)c6c5)CC3)CC4)ncc12. The predicted molar refractivity (Wildman–Crippen MR) is 224 cm³/mol. The Morgan fingerprint density at radius 2 is 1.73 bits per heavy atom. The Hall–Kier alpha value is -6.75. The van der Waals surface area contributed by atoms with Gasteiger partial charge in [-0.1, -0.05) is 29.5 Å². The fourth-order valence-electron chi connectivity index (χ4n) is 8.51. The molecule has 6 heterocycles. The van der Waals surface area contributed by atoms with Crippen LogP contribution in [0.2, 0.25) is 0 Å². The zero-order valence-electron chi connectivity index (χ0n) is 33.8. The smallest absolute Gasteiger partial charge is 0.278 e. The molecule has 1 atom stereocenters. The highest BCUT2D eigenvalue weighted by atomic mass is 16.5. The van der Waals surface area contributed by atoms with E-state index in [9.17, 15) is 19.2 Å². The number of likely N-dealkylation sites (tertiary alicyclic amines) is 1. The van der Waals surface area contributed by atoms with Crippen LogP contribution in [0.4, 0.5) is 23.1 Å². The Labute approximate surface area is 345 Å². The van der Waals surface area contributed by atoms with Crippen molar-refractivity contribution in [2.45, 2.75) is 58.5 Å². The lowest BCUT2D eigenvalue weighted by molar-refractivity contribution is -0.136. The van der Waals surface area contributed by atoms with E-state index in [0.29, 0.717) is 36.2 Å². The maximum absolute atomic E-state index is 13.3. The Balaban J connectivity index is 0.771. The highest BCUT2D eigenvalue weighted by molar-refractivity contribution is 5.99. The lowest BCUT2D eigenvalue weighted by Gasteiger charge is -2.36. The van der Waals surface area contributed by atoms with Gasteiger partial charge in [-0.3, -0.25) is 29.4 Å². The number of fused-ring (bicyclic) bond motifs is 3. The number of benzene rings is 3. The van der Waals surface area contributed by atoms with Crippen molar-refractivity contribution in [3.8, 4) is 5.75 Å². The van der Waals surface area contributed by atoms with Gasteiger partial charge in [-0.05, 0) is 98.0 Å². The highest BCUT2D eigenvalue weighted by Gasteiger charge is 2.31. The molecule has 1 unspecified atom stereocenters. The van der Waals surface area contributed by atoms with Gasteiger partial charge in [-0.25, -0.2) is 9.67 Å². The first-order valence-electron chi connectivity index (χ1n) is 20.3. The molecule has 3 N–H and O–H groups in total. The molecule has 9 rings (SSSR count). The fourth-order valence-corrected chi connectivity index (χ4v) is 8.51. The van der Waals surface area contributed by atoms with Gasteiger partial charge in [-0.2, -0.15) is 14.8 Å². The summed E-state index contributed by atoms with van der Waals surface area (Å²) in [4.78, 5) is 64.2. The van der Waals surface area contributed by atoms with Crippen molar-refractivity contribution in [2.24, 2.45) is 13.0 Å². The van der Waals surface area contributed by atoms with Gasteiger partial charge >= 0.3 is 0 Å². The minimum Gasteiger partial charge on any atom is -0.484 e. The van der Waals surface area contributed by atoms with E-state index >= 15 is 0 Å². The molecule has 3 aliphatic rings. The number of ether oxygens (including phenoxy) is 1. The lowest BCUT2D eigenvalue weighted by atomic mass is 9.93. The Bertz CT molecular complexity index is 2700. The Morgan fingerprint density at radius 3 is 2.53 bits per heavy atom. The molecule has 60 heavy (non-hydrogen) atoms. The largest absolute Gasteiger partial charge is 0.484 e. The molecule has 0 aliphatic carbocycles. The molecule has 3 amide bonds. The van der Waals surface area contributed by atoms with Gasteiger partial charge in [0, 0.05) is 63.8 Å². The van der Waals surface area contributed by atoms with Gasteiger partial charge in [0.2, 0.25) is 11.9 Å². The van der Waals surface area contributed by atoms with Crippen LogP contribution in [0.15, 0.2) is 65.6 Å². The summed E-state index contributed by atoms with van der Waals surface area (Å²) in [6.45, 7) is 8.09. The molecular weight excluding hydrogens is 765 g/mol. The van der Waals surface area contributed by atoms with Crippen LogP contribution < -0.4 is 26.2 Å². The van der Waals surface area contributed by atoms with Gasteiger partial charge in [-0.15, -0.1) is 5.10 Å². The lowest BCUT2D eigenvalue weighted by Crippen LogP contribution is -2.45. The zero-order valence-corrected chi connectivity index (χ0v) is 33.8. The van der Waals surface area contributed by atoms with E-state index in [-0.39, 0.29) is 36.6 Å². The maximum atomic E-state index is 13.3. The van der Waals surface area contributed by atoms with Crippen molar-refractivity contribution in [3.63, 3.8) is 0 Å². The number of piperidine rings is 2. The van der Waals surface area contributed by atoms with Gasteiger partial charge in [0.25, 0.3) is 17.4 Å². The molecule has 0 saturated carbocycles. The van der Waals surface area contributed by atoms with E-state index in [1.165, 1.54) is 17.2 Å². The number of amides is 3. The molecule has 17 heteroatoms. The minimum atomic E-state index is -0.925. The number of rotatable bonds is 10. The van der Waals surface area contributed by atoms with Crippen molar-refractivity contribution < 1.29 is 19.1 Å². The fraction of sp³-hybridized carbons (Fsp3) is 0.372. The third-order valence-corrected chi connectivity index (χ3v) is 11.9. The third kappa shape index (κ3) is 7.87. The number of aryl methyl sites for hydroxylation is 3. The standard InChI is InChI=1S/C43H46N12O5/c1-25-5-4-6-26(2)38(25)47-39-33-21-44-43(48-40(33)52(3)50-39)45-30-8-7-28-15-16-53(23-29(28)19-30)22-27-13-17-54(18-14-27)37(57)24-60-31-9-10-34-32(20-31)42(59)55(51-49-34)35-11-12-36(56)46-41(35)58/h4-10,19-21,27,35H,11-18,22-24H2,1-3H3,(H,47,50)(H,44,45,48)(H,46,56,58). The number of nitrogens with one attached hydrogen (secondary N) is 3. The molecule has 0 spiro atoms. The van der Waals surface area contributed by atoms with Crippen LogP contribution in [0.25, 0.3) is 21.9 Å². The van der Waals surface area contributed by atoms with E-state index in [1.807, 2.05) is 24.2 Å². The first-order valence-corrected chi connectivity index (χ1v) is 20.3. The van der Waals surface area contributed by atoms with Gasteiger partial charge in [0.05, 0.1) is 10.8 Å². The van der Waals surface area contributed by atoms with Crippen LogP contribution in [-0.2, 0) is 34.4 Å². The van der Waals surface area contributed by atoms with Crippen LogP contribution in [-0.4, -0.2) is 95.0 Å². The van der Waals surface area contributed by atoms with Crippen LogP contribution in [0.1, 0.15) is 54.0 Å². The van der Waals surface area contributed by atoms with Gasteiger partial charge < -0.3 is 20.3 Å². The number of hydrogen-bond acceptors (Lipinski definition) is 13. The van der Waals surface area contributed by atoms with Crippen LogP contribution in [0, 0.1) is 19.8 Å². The number of nitrogens with zero attached hydrogens (tertiary/aromatic N) is 9. The Kier molecular flexibility index (Phi) is 10.4. The summed E-state index contributed by atoms with van der Waals surface area (Å²) in [6.07, 6.45) is 4.86. The molecule has 17 nitrogen and oxygen atoms in total. The number of hydrogen-bond donors (Lipinski definition) is 3. The number of carbonyl (C=O) groups excluding carboxylic acids is 3. The van der Waals surface area contributed by atoms with Gasteiger partial charge in [0.1, 0.15) is 17.3 Å². The van der Waals surface area contributed by atoms with Crippen molar-refractivity contribution >= 4 is 62.8 Å². The first kappa shape index (κ1) is 38.8. The minimum absolute atomic E-state index is 0.107. The summed E-state index contributed by atoms with van der Waals surface area (Å²) in [7, 11) is 1.89. The number of aromatic nitrogens is 7. The summed E-state index contributed by atoms with van der Waals surface area (Å²) in [5.41, 5.74) is 7.43. The second kappa shape index (κ2) is 16.1. The monoisotopic (exact) mass is 810 g/mol. The molecule has 6 aromatic rings. The van der Waals surface area contributed by atoms with Crippen molar-refractivity contribution in [1.82, 2.24) is 49.9 Å². The van der Waals surface area contributed by atoms with Crippen molar-refractivity contribution in [1.29, 1.82) is 0 Å². The van der Waals surface area contributed by atoms with Crippen molar-refractivity contribution in [2.75, 3.05) is 43.4 Å². The number of para-hydroxylation sites is 1. The first-order chi connectivity index (χ1) is 29.1. The van der Waals surface area contributed by atoms with E-state index in [0.717, 1.165) is 82.9 Å². The maximum Gasteiger partial charge on any atom is 0.278 e. The second-order valence-corrected chi connectivity index (χ2v) is 16.0. The Morgan fingerprint density at radius 1 is 0.917 bits per heavy atom. The summed E-state index contributed by atoms with van der Waals surface area (Å²) in [5.74, 6) is 0.949. The van der Waals surface area contributed by atoms with E-state index in [4.69, 9.17) is 14.8 Å². The summed E-state index contributed by atoms with van der Waals surface area (Å²) in [6, 6.07) is 16.5. The van der Waals surface area contributed by atoms with E-state index < -0.39 is 17.5 Å². The average molecular weight is 811 g/mol. The average Bonchev–Trinajstić information content (AvgIpc) is 3.55. The summed E-state index contributed by atoms with van der Waals surface area (Å²) < 4.78 is 8.62. The molecule has 3 aromatic heterocycles.